The summed E-state index contributed by atoms with van der Waals surface area (Å²) in [5, 5.41) is 2.03. The van der Waals surface area contributed by atoms with Crippen LogP contribution in [0.25, 0.3) is 0 Å². The number of ether oxygens (including phenoxy) is 1. The average Bonchev–Trinajstić information content (AvgIpc) is 2.81. The fraction of sp³-hybridized carbons (Fsp3) is 0.167. The van der Waals surface area contributed by atoms with E-state index in [1.165, 1.54) is 0 Å². The van der Waals surface area contributed by atoms with Gasteiger partial charge in [0, 0.05) is 11.4 Å². The monoisotopic (exact) mass is 297 g/mol. The molecule has 2 nitrogen and oxygen atoms in total. The van der Waals surface area contributed by atoms with Gasteiger partial charge in [-0.25, -0.2) is 0 Å². The minimum absolute atomic E-state index is 0.0706. The summed E-state index contributed by atoms with van der Waals surface area (Å²) in [5.41, 5.74) is 5.73. The van der Waals surface area contributed by atoms with Gasteiger partial charge in [-0.3, -0.25) is 0 Å². The zero-order valence-corrected chi connectivity index (χ0v) is 11.0. The van der Waals surface area contributed by atoms with Gasteiger partial charge in [0.05, 0.1) is 4.47 Å². The van der Waals surface area contributed by atoms with Gasteiger partial charge in [-0.05, 0) is 39.5 Å². The van der Waals surface area contributed by atoms with E-state index >= 15 is 0 Å². The third-order valence-corrected chi connectivity index (χ3v) is 3.80. The highest BCUT2D eigenvalue weighted by Crippen LogP contribution is 2.30. The molecule has 1 aromatic carbocycles. The van der Waals surface area contributed by atoms with Gasteiger partial charge in [0.15, 0.2) is 0 Å². The lowest BCUT2D eigenvalue weighted by molar-refractivity contribution is 0.216. The fourth-order valence-corrected chi connectivity index (χ4v) is 2.54. The van der Waals surface area contributed by atoms with Gasteiger partial charge < -0.3 is 10.5 Å². The van der Waals surface area contributed by atoms with E-state index in [-0.39, 0.29) is 6.10 Å². The Bertz CT molecular complexity index is 444. The first-order valence-corrected chi connectivity index (χ1v) is 6.63. The molecule has 0 aliphatic rings. The molecule has 1 atom stereocenters. The van der Waals surface area contributed by atoms with E-state index in [1.54, 1.807) is 11.3 Å². The topological polar surface area (TPSA) is 35.2 Å². The summed E-state index contributed by atoms with van der Waals surface area (Å²) in [4.78, 5) is 1.15. The summed E-state index contributed by atoms with van der Waals surface area (Å²) < 4.78 is 6.83. The Labute approximate surface area is 107 Å². The van der Waals surface area contributed by atoms with Crippen LogP contribution in [0.2, 0.25) is 0 Å². The van der Waals surface area contributed by atoms with Gasteiger partial charge in [0.25, 0.3) is 0 Å². The molecule has 1 unspecified atom stereocenters. The van der Waals surface area contributed by atoms with Crippen LogP contribution in [0.3, 0.4) is 0 Å². The molecule has 2 rings (SSSR count). The molecule has 0 fully saturated rings. The number of hydrogen-bond donors (Lipinski definition) is 1. The van der Waals surface area contributed by atoms with Crippen molar-refractivity contribution in [3.8, 4) is 5.75 Å². The van der Waals surface area contributed by atoms with E-state index in [0.29, 0.717) is 6.54 Å². The van der Waals surface area contributed by atoms with Crippen LogP contribution >= 0.6 is 27.3 Å². The van der Waals surface area contributed by atoms with Gasteiger partial charge >= 0.3 is 0 Å². The first-order valence-electron chi connectivity index (χ1n) is 4.96. The molecular formula is C12H12BrNOS. The van der Waals surface area contributed by atoms with Crippen LogP contribution in [0.1, 0.15) is 11.0 Å². The molecule has 2 aromatic rings. The van der Waals surface area contributed by atoms with Crippen molar-refractivity contribution in [1.82, 2.24) is 0 Å². The molecule has 84 valence electrons. The van der Waals surface area contributed by atoms with Crippen LogP contribution in [-0.2, 0) is 0 Å². The zero-order chi connectivity index (χ0) is 11.4. The summed E-state index contributed by atoms with van der Waals surface area (Å²) in [7, 11) is 0. The number of nitrogens with two attached hydrogens (primary N) is 1. The predicted molar refractivity (Wildman–Crippen MR) is 70.9 cm³/mol. The average molecular weight is 298 g/mol. The normalized spacial score (nSPS) is 12.4. The SMILES string of the molecule is NCC(Oc1ccccc1Br)c1cccs1. The molecule has 0 radical (unpaired) electrons. The lowest BCUT2D eigenvalue weighted by Gasteiger charge is -2.16. The second-order valence-corrected chi connectivity index (χ2v) is 5.12. The van der Waals surface area contributed by atoms with Gasteiger partial charge in [0.1, 0.15) is 11.9 Å². The fourth-order valence-electron chi connectivity index (χ4n) is 1.39. The van der Waals surface area contributed by atoms with Crippen molar-refractivity contribution in [2.24, 2.45) is 5.73 Å². The lowest BCUT2D eigenvalue weighted by Crippen LogP contribution is -2.17. The predicted octanol–water partition coefficient (Wildman–Crippen LogP) is 3.59. The molecule has 2 N–H and O–H groups in total. The summed E-state index contributed by atoms with van der Waals surface area (Å²) in [5.74, 6) is 0.825. The molecule has 16 heavy (non-hydrogen) atoms. The number of rotatable bonds is 4. The van der Waals surface area contributed by atoms with Crippen LogP contribution in [0, 0.1) is 0 Å². The summed E-state index contributed by atoms with van der Waals surface area (Å²) in [6, 6.07) is 11.8. The van der Waals surface area contributed by atoms with Crippen molar-refractivity contribution >= 4 is 27.3 Å². The van der Waals surface area contributed by atoms with Crippen molar-refractivity contribution in [3.63, 3.8) is 0 Å². The highest BCUT2D eigenvalue weighted by Gasteiger charge is 2.13. The first-order chi connectivity index (χ1) is 7.81. The van der Waals surface area contributed by atoms with Gasteiger partial charge in [-0.15, -0.1) is 11.3 Å². The standard InChI is InChI=1S/C12H12BrNOS/c13-9-4-1-2-5-10(9)15-11(8-14)12-6-3-7-16-12/h1-7,11H,8,14H2. The Morgan fingerprint density at radius 3 is 2.69 bits per heavy atom. The Morgan fingerprint density at radius 2 is 2.06 bits per heavy atom. The van der Waals surface area contributed by atoms with Crippen LogP contribution in [0.5, 0.6) is 5.75 Å². The maximum atomic E-state index is 5.88. The Morgan fingerprint density at radius 1 is 1.25 bits per heavy atom. The number of benzene rings is 1. The quantitative estimate of drug-likeness (QED) is 0.936. The number of hydrogen-bond acceptors (Lipinski definition) is 3. The third kappa shape index (κ3) is 2.64. The van der Waals surface area contributed by atoms with E-state index in [9.17, 15) is 0 Å². The molecule has 0 aliphatic heterocycles. The second kappa shape index (κ2) is 5.48. The third-order valence-electron chi connectivity index (χ3n) is 2.18. The van der Waals surface area contributed by atoms with Crippen molar-refractivity contribution in [2.45, 2.75) is 6.10 Å². The number of halogens is 1. The van der Waals surface area contributed by atoms with Crippen LogP contribution in [0.4, 0.5) is 0 Å². The Hall–Kier alpha value is -0.840. The maximum absolute atomic E-state index is 5.88. The maximum Gasteiger partial charge on any atom is 0.145 e. The molecule has 4 heteroatoms. The molecule has 0 aliphatic carbocycles. The first kappa shape index (κ1) is 11.6. The molecule has 0 spiro atoms. The molecule has 0 saturated heterocycles. The smallest absolute Gasteiger partial charge is 0.145 e. The Balaban J connectivity index is 2.17. The molecule has 1 heterocycles. The van der Waals surface area contributed by atoms with Crippen LogP contribution < -0.4 is 10.5 Å². The highest BCUT2D eigenvalue weighted by molar-refractivity contribution is 9.10. The molecule has 1 aromatic heterocycles. The van der Waals surface area contributed by atoms with E-state index in [4.69, 9.17) is 10.5 Å². The summed E-state index contributed by atoms with van der Waals surface area (Å²) in [6.07, 6.45) is -0.0706. The van der Waals surface area contributed by atoms with Crippen LogP contribution in [-0.4, -0.2) is 6.54 Å². The van der Waals surface area contributed by atoms with Crippen molar-refractivity contribution in [3.05, 3.63) is 51.1 Å². The highest BCUT2D eigenvalue weighted by atomic mass is 79.9. The van der Waals surface area contributed by atoms with Crippen LogP contribution in [0.15, 0.2) is 46.3 Å². The molecule has 0 bridgehead atoms. The second-order valence-electron chi connectivity index (χ2n) is 3.29. The van der Waals surface area contributed by atoms with Gasteiger partial charge in [-0.1, -0.05) is 18.2 Å². The summed E-state index contributed by atoms with van der Waals surface area (Å²) in [6.45, 7) is 0.474. The van der Waals surface area contributed by atoms with Crippen molar-refractivity contribution in [2.75, 3.05) is 6.54 Å². The van der Waals surface area contributed by atoms with Crippen molar-refractivity contribution < 1.29 is 4.74 Å². The zero-order valence-electron chi connectivity index (χ0n) is 8.60. The summed E-state index contributed by atoms with van der Waals surface area (Å²) >= 11 is 5.12. The van der Waals surface area contributed by atoms with E-state index < -0.39 is 0 Å². The Kier molecular flexibility index (Phi) is 3.98. The largest absolute Gasteiger partial charge is 0.482 e. The number of para-hydroxylation sites is 1. The van der Waals surface area contributed by atoms with Gasteiger partial charge in [-0.2, -0.15) is 0 Å². The van der Waals surface area contributed by atoms with E-state index in [1.807, 2.05) is 41.8 Å². The van der Waals surface area contributed by atoms with Crippen molar-refractivity contribution in [1.29, 1.82) is 0 Å². The minimum Gasteiger partial charge on any atom is -0.482 e. The minimum atomic E-state index is -0.0706. The molecular weight excluding hydrogens is 286 g/mol. The lowest BCUT2D eigenvalue weighted by atomic mass is 10.3. The molecule has 0 amide bonds. The van der Waals surface area contributed by atoms with E-state index in [0.717, 1.165) is 15.1 Å². The van der Waals surface area contributed by atoms with Gasteiger partial charge in [0.2, 0.25) is 0 Å². The number of thiophene rings is 1. The molecule has 0 saturated carbocycles. The van der Waals surface area contributed by atoms with E-state index in [2.05, 4.69) is 15.9 Å².